The first-order chi connectivity index (χ1) is 10.9. The molecule has 0 aliphatic carbocycles. The number of carbonyl (C=O) groups excluding carboxylic acids is 3. The Kier molecular flexibility index (Phi) is 7.56. The number of hydrogen-bond donors (Lipinski definition) is 2. The summed E-state index contributed by atoms with van der Waals surface area (Å²) in [7, 11) is 0. The Morgan fingerprint density at radius 1 is 1.29 bits per heavy atom. The minimum Gasteiger partial charge on any atom is -0.480 e. The molecule has 1 amide bonds. The minimum absolute atomic E-state index is 0.836. The summed E-state index contributed by atoms with van der Waals surface area (Å²) in [5.74, 6) is -6.75. The highest BCUT2D eigenvalue weighted by Crippen LogP contribution is 2.14. The van der Waals surface area contributed by atoms with Crippen LogP contribution in [0.2, 0.25) is 0 Å². The molecule has 13 heteroatoms. The molecule has 0 bridgehead atoms. The summed E-state index contributed by atoms with van der Waals surface area (Å²) in [6.45, 7) is 0.920. The number of hydrogen-bond acceptors (Lipinski definition) is 6. The second-order valence-electron chi connectivity index (χ2n) is 4.20. The average Bonchev–Trinajstić information content (AvgIpc) is 2.41. The molecular formula is C11H12F3N3O7. The Bertz CT molecular complexity index is 584. The Hall–Kier alpha value is -2.95. The summed E-state index contributed by atoms with van der Waals surface area (Å²) >= 11 is 0. The van der Waals surface area contributed by atoms with Crippen molar-refractivity contribution in [3.05, 3.63) is 5.53 Å². The van der Waals surface area contributed by atoms with Gasteiger partial charge in [0, 0.05) is 6.92 Å². The fourth-order valence-corrected chi connectivity index (χ4v) is 1.24. The van der Waals surface area contributed by atoms with E-state index in [0.717, 1.165) is 19.2 Å². The lowest BCUT2D eigenvalue weighted by Gasteiger charge is -2.15. The second-order valence-corrected chi connectivity index (χ2v) is 4.20. The zero-order valence-electron chi connectivity index (χ0n) is 12.3. The number of aliphatic carboxylic acids is 1. The molecule has 0 aliphatic heterocycles. The number of carboxylic acids is 1. The first-order valence-corrected chi connectivity index (χ1v) is 6.06. The van der Waals surface area contributed by atoms with Crippen molar-refractivity contribution < 1.29 is 51.7 Å². The molecular weight excluding hydrogens is 343 g/mol. The van der Waals surface area contributed by atoms with E-state index in [1.54, 1.807) is 0 Å². The van der Waals surface area contributed by atoms with Crippen LogP contribution in [0.5, 0.6) is 0 Å². The van der Waals surface area contributed by atoms with E-state index >= 15 is 0 Å². The maximum absolute atomic E-state index is 12.1. The van der Waals surface area contributed by atoms with Gasteiger partial charge in [0.2, 0.25) is 6.10 Å². The van der Waals surface area contributed by atoms with Gasteiger partial charge in [0.1, 0.15) is 6.61 Å². The number of esters is 2. The molecule has 0 spiro atoms. The number of halogens is 3. The molecule has 134 valence electrons. The van der Waals surface area contributed by atoms with Gasteiger partial charge in [0.25, 0.3) is 0 Å². The van der Waals surface area contributed by atoms with Crippen molar-refractivity contribution in [3.63, 3.8) is 0 Å². The molecule has 2 atom stereocenters. The number of rotatable bonds is 7. The van der Waals surface area contributed by atoms with E-state index in [1.807, 2.05) is 0 Å². The second kappa shape index (κ2) is 8.62. The van der Waals surface area contributed by atoms with E-state index in [9.17, 15) is 32.3 Å². The molecule has 10 nitrogen and oxygen atoms in total. The molecule has 0 unspecified atom stereocenters. The molecule has 0 rings (SSSR count). The third-order valence-corrected chi connectivity index (χ3v) is 2.29. The van der Waals surface area contributed by atoms with Gasteiger partial charge in [-0.15, -0.1) is 0 Å². The van der Waals surface area contributed by atoms with Crippen molar-refractivity contribution in [2.24, 2.45) is 0 Å². The van der Waals surface area contributed by atoms with E-state index in [2.05, 4.69) is 14.3 Å². The monoisotopic (exact) mass is 355 g/mol. The maximum Gasteiger partial charge on any atom is 0.471 e. The number of nitrogens with zero attached hydrogens (tertiary/aromatic N) is 2. The lowest BCUT2D eigenvalue weighted by Crippen LogP contribution is -2.49. The van der Waals surface area contributed by atoms with Crippen molar-refractivity contribution in [1.82, 2.24) is 5.32 Å². The molecule has 0 saturated carbocycles. The van der Waals surface area contributed by atoms with Gasteiger partial charge in [-0.25, -0.2) is 9.59 Å². The van der Waals surface area contributed by atoms with Gasteiger partial charge in [-0.2, -0.15) is 18.0 Å². The summed E-state index contributed by atoms with van der Waals surface area (Å²) in [4.78, 5) is 46.3. The molecule has 24 heavy (non-hydrogen) atoms. The normalized spacial score (nSPS) is 13.0. The van der Waals surface area contributed by atoms with Crippen LogP contribution in [0.1, 0.15) is 13.8 Å². The fourth-order valence-electron chi connectivity index (χ4n) is 1.24. The van der Waals surface area contributed by atoms with Crippen LogP contribution in [0.3, 0.4) is 0 Å². The van der Waals surface area contributed by atoms with Crippen molar-refractivity contribution in [2.75, 3.05) is 6.61 Å². The van der Waals surface area contributed by atoms with Crippen molar-refractivity contribution in [1.29, 1.82) is 0 Å². The first-order valence-electron chi connectivity index (χ1n) is 6.06. The Morgan fingerprint density at radius 2 is 1.83 bits per heavy atom. The SMILES string of the molecule is CC(=O)O[C@H](C)C(=[N+]=[N-])C(=O)OC[C@H](NC(=O)C(F)(F)F)C(=O)O. The van der Waals surface area contributed by atoms with Gasteiger partial charge in [-0.3, -0.25) is 9.59 Å². The number of nitrogens with one attached hydrogen (secondary N) is 1. The summed E-state index contributed by atoms with van der Waals surface area (Å²) in [6, 6.07) is -2.20. The highest BCUT2D eigenvalue weighted by atomic mass is 19.4. The number of carbonyl (C=O) groups is 4. The van der Waals surface area contributed by atoms with Gasteiger partial charge in [-0.05, 0) is 6.92 Å². The van der Waals surface area contributed by atoms with Crippen LogP contribution in [0.25, 0.3) is 5.53 Å². The molecule has 0 aliphatic rings. The topological polar surface area (TPSA) is 155 Å². The van der Waals surface area contributed by atoms with E-state index in [-0.39, 0.29) is 0 Å². The van der Waals surface area contributed by atoms with Crippen LogP contribution in [0, 0.1) is 0 Å². The molecule has 0 aromatic carbocycles. The van der Waals surface area contributed by atoms with Crippen molar-refractivity contribution in [2.45, 2.75) is 32.2 Å². The van der Waals surface area contributed by atoms with Gasteiger partial charge in [0.15, 0.2) is 6.04 Å². The molecule has 0 heterocycles. The molecule has 0 radical (unpaired) electrons. The van der Waals surface area contributed by atoms with Crippen LogP contribution in [-0.4, -0.2) is 64.4 Å². The largest absolute Gasteiger partial charge is 0.480 e. The first kappa shape index (κ1) is 21.0. The van der Waals surface area contributed by atoms with Crippen molar-refractivity contribution in [3.8, 4) is 0 Å². The molecule has 0 fully saturated rings. The highest BCUT2D eigenvalue weighted by molar-refractivity contribution is 6.35. The zero-order valence-corrected chi connectivity index (χ0v) is 12.3. The lowest BCUT2D eigenvalue weighted by molar-refractivity contribution is -0.176. The van der Waals surface area contributed by atoms with Gasteiger partial charge >= 0.3 is 35.7 Å². The predicted molar refractivity (Wildman–Crippen MR) is 66.4 cm³/mol. The molecule has 0 aromatic heterocycles. The molecule has 0 aromatic rings. The smallest absolute Gasteiger partial charge is 0.471 e. The van der Waals surface area contributed by atoms with Crippen LogP contribution in [-0.2, 0) is 28.7 Å². The zero-order chi connectivity index (χ0) is 19.1. The maximum atomic E-state index is 12.1. The fraction of sp³-hybridized carbons (Fsp3) is 0.545. The predicted octanol–water partition coefficient (Wildman–Crippen LogP) is -0.716. The number of amides is 1. The van der Waals surface area contributed by atoms with Gasteiger partial charge < -0.3 is 25.4 Å². The Morgan fingerprint density at radius 3 is 2.21 bits per heavy atom. The van der Waals surface area contributed by atoms with Crippen LogP contribution in [0.15, 0.2) is 0 Å². The third-order valence-electron chi connectivity index (χ3n) is 2.29. The Labute approximate surface area is 132 Å². The quantitative estimate of drug-likeness (QED) is 0.264. The standard InChI is InChI=1S/C11H12F3N3O7/c1-4(24-5(2)18)7(17-15)9(21)23-3-6(8(19)20)16-10(22)11(12,13)14/h4,6H,3H2,1-2H3,(H,16,22)(H,19,20)/t4-,6+/m1/s1. The summed E-state index contributed by atoms with van der Waals surface area (Å²) in [5, 5.41) is 9.80. The number of ether oxygens (including phenoxy) is 2. The van der Waals surface area contributed by atoms with Crippen LogP contribution < -0.4 is 5.32 Å². The summed E-state index contributed by atoms with van der Waals surface area (Å²) in [5.41, 5.74) is 7.83. The van der Waals surface area contributed by atoms with Crippen LogP contribution in [0.4, 0.5) is 13.2 Å². The van der Waals surface area contributed by atoms with Gasteiger partial charge in [0.05, 0.1) is 0 Å². The van der Waals surface area contributed by atoms with E-state index in [4.69, 9.17) is 10.6 Å². The van der Waals surface area contributed by atoms with E-state index in [1.165, 1.54) is 0 Å². The average molecular weight is 355 g/mol. The lowest BCUT2D eigenvalue weighted by atomic mass is 10.2. The van der Waals surface area contributed by atoms with E-state index in [0.29, 0.717) is 0 Å². The Balaban J connectivity index is 4.89. The van der Waals surface area contributed by atoms with E-state index < -0.39 is 54.5 Å². The summed E-state index contributed by atoms with van der Waals surface area (Å²) < 4.78 is 45.1. The number of carboxylic acid groups (broad SMARTS) is 1. The van der Waals surface area contributed by atoms with Gasteiger partial charge in [-0.1, -0.05) is 0 Å². The third kappa shape index (κ3) is 6.87. The highest BCUT2D eigenvalue weighted by Gasteiger charge is 2.41. The number of alkyl halides is 3. The molecule has 0 saturated heterocycles. The van der Waals surface area contributed by atoms with Crippen molar-refractivity contribution >= 4 is 29.5 Å². The molecule has 2 N–H and O–H groups in total. The van der Waals surface area contributed by atoms with Crippen LogP contribution >= 0.6 is 0 Å². The minimum atomic E-state index is -5.33. The summed E-state index contributed by atoms with van der Waals surface area (Å²) in [6.07, 6.45) is -6.70.